The number of aromatic nitrogens is 2. The van der Waals surface area contributed by atoms with Gasteiger partial charge in [-0.2, -0.15) is 0 Å². The molecule has 0 spiro atoms. The Morgan fingerprint density at radius 1 is 1.50 bits per heavy atom. The summed E-state index contributed by atoms with van der Waals surface area (Å²) in [6.07, 6.45) is 0.485. The molecule has 1 N–H and O–H groups in total. The highest BCUT2D eigenvalue weighted by Crippen LogP contribution is 2.32. The molecule has 1 aromatic heterocycles. The Labute approximate surface area is 123 Å². The zero-order chi connectivity index (χ0) is 14.5. The molecule has 0 aliphatic heterocycles. The van der Waals surface area contributed by atoms with E-state index in [9.17, 15) is 4.79 Å². The summed E-state index contributed by atoms with van der Waals surface area (Å²) in [5, 5.41) is 7.46. The molecule has 20 heavy (non-hydrogen) atoms. The number of nitrogens with one attached hydrogen (secondary N) is 1. The number of amides is 1. The minimum Gasteiger partial charge on any atom is -0.480 e. The van der Waals surface area contributed by atoms with E-state index in [1.54, 1.807) is 25.1 Å². The molecule has 106 valence electrons. The van der Waals surface area contributed by atoms with Crippen molar-refractivity contribution in [2.75, 3.05) is 7.11 Å². The predicted molar refractivity (Wildman–Crippen MR) is 72.7 cm³/mol. The second-order valence-electron chi connectivity index (χ2n) is 3.81. The Hall–Kier alpha value is -1.93. The minimum atomic E-state index is -0.738. The summed E-state index contributed by atoms with van der Waals surface area (Å²) in [5.41, 5.74) is 2.80. The first-order valence-corrected chi connectivity index (χ1v) is 6.46. The molecule has 0 fully saturated rings. The Kier molecular flexibility index (Phi) is 4.70. The third kappa shape index (κ3) is 3.34. The van der Waals surface area contributed by atoms with E-state index < -0.39 is 12.0 Å². The average molecular weight is 342 g/mol. The monoisotopic (exact) mass is 341 g/mol. The maximum Gasteiger partial charge on any atom is 0.284 e. The summed E-state index contributed by atoms with van der Waals surface area (Å²) in [6.45, 7) is 1.61. The van der Waals surface area contributed by atoms with E-state index >= 15 is 0 Å². The fourth-order valence-electron chi connectivity index (χ4n) is 1.49. The molecule has 1 atom stereocenters. The van der Waals surface area contributed by atoms with E-state index in [1.807, 2.05) is 0 Å². The standard InChI is InChI=1S/C12H12BrN3O4/c1-7(11(17)16-18-2)20-10-4-3-8(13)5-9(10)12-15-14-6-19-12/h3-7H,1-2H3,(H,16,17). The molecule has 2 rings (SSSR count). The highest BCUT2D eigenvalue weighted by molar-refractivity contribution is 9.10. The highest BCUT2D eigenvalue weighted by Gasteiger charge is 2.18. The minimum absolute atomic E-state index is 0.306. The van der Waals surface area contributed by atoms with Crippen LogP contribution in [0.1, 0.15) is 6.92 Å². The number of hydrogen-bond acceptors (Lipinski definition) is 6. The molecule has 1 heterocycles. The van der Waals surface area contributed by atoms with Gasteiger partial charge in [-0.05, 0) is 25.1 Å². The van der Waals surface area contributed by atoms with Crippen LogP contribution in [0.3, 0.4) is 0 Å². The van der Waals surface area contributed by atoms with Gasteiger partial charge in [-0.25, -0.2) is 5.48 Å². The molecule has 0 saturated heterocycles. The number of nitrogens with zero attached hydrogens (tertiary/aromatic N) is 2. The van der Waals surface area contributed by atoms with Crippen molar-refractivity contribution in [1.29, 1.82) is 0 Å². The van der Waals surface area contributed by atoms with Crippen LogP contribution >= 0.6 is 15.9 Å². The first-order chi connectivity index (χ1) is 9.61. The van der Waals surface area contributed by atoms with Gasteiger partial charge < -0.3 is 9.15 Å². The maximum atomic E-state index is 11.6. The molecular formula is C12H12BrN3O4. The van der Waals surface area contributed by atoms with Crippen molar-refractivity contribution in [3.63, 3.8) is 0 Å². The third-order valence-electron chi connectivity index (χ3n) is 2.41. The van der Waals surface area contributed by atoms with Gasteiger partial charge in [0.15, 0.2) is 6.10 Å². The van der Waals surface area contributed by atoms with Crippen LogP contribution in [0.25, 0.3) is 11.5 Å². The summed E-state index contributed by atoms with van der Waals surface area (Å²) in [5.74, 6) is 0.365. The molecule has 1 aromatic carbocycles. The first-order valence-electron chi connectivity index (χ1n) is 5.67. The zero-order valence-corrected chi connectivity index (χ0v) is 12.4. The van der Waals surface area contributed by atoms with Gasteiger partial charge in [0.2, 0.25) is 6.39 Å². The quantitative estimate of drug-likeness (QED) is 0.836. The van der Waals surface area contributed by atoms with Crippen molar-refractivity contribution in [2.45, 2.75) is 13.0 Å². The Morgan fingerprint density at radius 2 is 2.30 bits per heavy atom. The molecule has 1 unspecified atom stereocenters. The van der Waals surface area contributed by atoms with E-state index in [1.165, 1.54) is 13.5 Å². The lowest BCUT2D eigenvalue weighted by molar-refractivity contribution is -0.137. The summed E-state index contributed by atoms with van der Waals surface area (Å²) in [7, 11) is 1.36. The number of rotatable bonds is 5. The van der Waals surface area contributed by atoms with E-state index in [4.69, 9.17) is 9.15 Å². The van der Waals surface area contributed by atoms with Crippen molar-refractivity contribution in [3.8, 4) is 17.2 Å². The number of hydroxylamine groups is 1. The van der Waals surface area contributed by atoms with Crippen LogP contribution in [-0.4, -0.2) is 29.3 Å². The number of hydrogen-bond donors (Lipinski definition) is 1. The molecule has 7 nitrogen and oxygen atoms in total. The zero-order valence-electron chi connectivity index (χ0n) is 10.8. The van der Waals surface area contributed by atoms with Gasteiger partial charge in [-0.3, -0.25) is 9.63 Å². The lowest BCUT2D eigenvalue weighted by Crippen LogP contribution is -2.35. The summed E-state index contributed by atoms with van der Waals surface area (Å²) >= 11 is 3.36. The van der Waals surface area contributed by atoms with E-state index in [0.29, 0.717) is 17.2 Å². The van der Waals surface area contributed by atoms with Crippen LogP contribution in [0.2, 0.25) is 0 Å². The van der Waals surface area contributed by atoms with Crippen LogP contribution in [0.15, 0.2) is 33.5 Å². The molecule has 0 aliphatic carbocycles. The third-order valence-corrected chi connectivity index (χ3v) is 2.90. The van der Waals surface area contributed by atoms with E-state index in [2.05, 4.69) is 36.4 Å². The van der Waals surface area contributed by atoms with Gasteiger partial charge in [0.05, 0.1) is 12.7 Å². The molecule has 0 saturated carbocycles. The van der Waals surface area contributed by atoms with Crippen LogP contribution in [0, 0.1) is 0 Å². The lowest BCUT2D eigenvalue weighted by Gasteiger charge is -2.15. The van der Waals surface area contributed by atoms with Gasteiger partial charge in [-0.1, -0.05) is 15.9 Å². The second-order valence-corrected chi connectivity index (χ2v) is 4.73. The van der Waals surface area contributed by atoms with Crippen LogP contribution in [-0.2, 0) is 9.63 Å². The number of ether oxygens (including phenoxy) is 1. The van der Waals surface area contributed by atoms with Crippen LogP contribution < -0.4 is 10.2 Å². The fraction of sp³-hybridized carbons (Fsp3) is 0.250. The van der Waals surface area contributed by atoms with E-state index in [0.717, 1.165) is 4.47 Å². The van der Waals surface area contributed by atoms with Gasteiger partial charge in [0, 0.05) is 4.47 Å². The van der Waals surface area contributed by atoms with Gasteiger partial charge >= 0.3 is 0 Å². The fourth-order valence-corrected chi connectivity index (χ4v) is 1.85. The second kappa shape index (κ2) is 6.49. The number of halogens is 1. The number of carbonyl (C=O) groups is 1. The van der Waals surface area contributed by atoms with Gasteiger partial charge in [0.1, 0.15) is 5.75 Å². The van der Waals surface area contributed by atoms with Crippen molar-refractivity contribution >= 4 is 21.8 Å². The Balaban J connectivity index is 2.26. The smallest absolute Gasteiger partial charge is 0.284 e. The molecule has 0 bridgehead atoms. The molecule has 0 radical (unpaired) electrons. The number of benzene rings is 1. The summed E-state index contributed by atoms with van der Waals surface area (Å²) in [4.78, 5) is 16.1. The van der Waals surface area contributed by atoms with E-state index in [-0.39, 0.29) is 0 Å². The molecular weight excluding hydrogens is 330 g/mol. The van der Waals surface area contributed by atoms with Crippen LogP contribution in [0.4, 0.5) is 0 Å². The number of carbonyl (C=O) groups excluding carboxylic acids is 1. The van der Waals surface area contributed by atoms with Gasteiger partial charge in [0.25, 0.3) is 11.8 Å². The maximum absolute atomic E-state index is 11.6. The molecule has 2 aromatic rings. The Morgan fingerprint density at radius 3 is 2.95 bits per heavy atom. The SMILES string of the molecule is CONC(=O)C(C)Oc1ccc(Br)cc1-c1nnco1. The van der Waals surface area contributed by atoms with Crippen molar-refractivity contribution in [3.05, 3.63) is 29.1 Å². The molecule has 1 amide bonds. The van der Waals surface area contributed by atoms with Crippen molar-refractivity contribution < 1.29 is 18.8 Å². The largest absolute Gasteiger partial charge is 0.480 e. The summed E-state index contributed by atoms with van der Waals surface area (Å²) in [6, 6.07) is 5.26. The first kappa shape index (κ1) is 14.5. The summed E-state index contributed by atoms with van der Waals surface area (Å²) < 4.78 is 11.6. The van der Waals surface area contributed by atoms with Crippen molar-refractivity contribution in [1.82, 2.24) is 15.7 Å². The average Bonchev–Trinajstić information content (AvgIpc) is 2.95. The van der Waals surface area contributed by atoms with Crippen LogP contribution in [0.5, 0.6) is 5.75 Å². The molecule has 8 heteroatoms. The lowest BCUT2D eigenvalue weighted by atomic mass is 10.2. The van der Waals surface area contributed by atoms with Gasteiger partial charge in [-0.15, -0.1) is 10.2 Å². The normalized spacial score (nSPS) is 11.9. The molecule has 0 aliphatic rings. The highest BCUT2D eigenvalue weighted by atomic mass is 79.9. The van der Waals surface area contributed by atoms with Crippen molar-refractivity contribution in [2.24, 2.45) is 0 Å². The predicted octanol–water partition coefficient (Wildman–Crippen LogP) is 1.94. The Bertz CT molecular complexity index is 588. The topological polar surface area (TPSA) is 86.5 Å².